The van der Waals surface area contributed by atoms with E-state index in [9.17, 15) is 4.79 Å². The largest absolute Gasteiger partial charge is 0.379 e. The van der Waals surface area contributed by atoms with Crippen molar-refractivity contribution in [2.45, 2.75) is 46.1 Å². The first-order valence-corrected chi connectivity index (χ1v) is 10.1. The van der Waals surface area contributed by atoms with Crippen molar-refractivity contribution < 1.29 is 9.53 Å². The summed E-state index contributed by atoms with van der Waals surface area (Å²) < 4.78 is 5.98. The minimum absolute atomic E-state index is 0.189. The summed E-state index contributed by atoms with van der Waals surface area (Å²) in [4.78, 5) is 21.4. The Bertz CT molecular complexity index is 566. The maximum atomic E-state index is 12.7. The molecule has 0 N–H and O–H groups in total. The van der Waals surface area contributed by atoms with Crippen LogP contribution >= 0.6 is 0 Å². The van der Waals surface area contributed by atoms with Gasteiger partial charge in [0, 0.05) is 56.5 Å². The zero-order valence-electron chi connectivity index (χ0n) is 16.3. The Hall–Kier alpha value is -1.46. The van der Waals surface area contributed by atoms with Gasteiger partial charge in [0.15, 0.2) is 0 Å². The Balaban J connectivity index is 1.60. The van der Waals surface area contributed by atoms with E-state index in [0.29, 0.717) is 5.91 Å². The van der Waals surface area contributed by atoms with E-state index < -0.39 is 0 Å². The van der Waals surface area contributed by atoms with Crippen LogP contribution in [0.25, 0.3) is 0 Å². The number of aromatic nitrogens is 1. The molecule has 1 aromatic rings. The number of carbonyl (C=O) groups is 1. The van der Waals surface area contributed by atoms with Crippen molar-refractivity contribution in [3.8, 4) is 0 Å². The van der Waals surface area contributed by atoms with E-state index in [0.717, 1.165) is 71.6 Å². The minimum Gasteiger partial charge on any atom is -0.379 e. The Morgan fingerprint density at radius 3 is 2.54 bits per heavy atom. The molecule has 1 spiro atoms. The Labute approximate surface area is 157 Å². The number of hydrogen-bond acceptors (Lipinski definition) is 4. The van der Waals surface area contributed by atoms with E-state index in [4.69, 9.17) is 4.74 Å². The summed E-state index contributed by atoms with van der Waals surface area (Å²) in [6.45, 7) is 10.6. The Morgan fingerprint density at radius 1 is 1.19 bits per heavy atom. The summed E-state index contributed by atoms with van der Waals surface area (Å²) in [5.41, 5.74) is 1.49. The van der Waals surface area contributed by atoms with Crippen molar-refractivity contribution in [1.82, 2.24) is 14.8 Å². The number of carbonyl (C=O) groups excluding carboxylic acids is 1. The summed E-state index contributed by atoms with van der Waals surface area (Å²) >= 11 is 0. The zero-order valence-corrected chi connectivity index (χ0v) is 16.3. The van der Waals surface area contributed by atoms with E-state index in [1.54, 1.807) is 0 Å². The molecule has 0 aromatic carbocycles. The van der Waals surface area contributed by atoms with Gasteiger partial charge in [-0.1, -0.05) is 13.8 Å². The van der Waals surface area contributed by atoms with Gasteiger partial charge >= 0.3 is 0 Å². The van der Waals surface area contributed by atoms with Crippen molar-refractivity contribution in [2.24, 2.45) is 11.3 Å². The number of pyridine rings is 1. The predicted molar refractivity (Wildman–Crippen MR) is 103 cm³/mol. The topological polar surface area (TPSA) is 45.7 Å². The van der Waals surface area contributed by atoms with Gasteiger partial charge in [-0.2, -0.15) is 0 Å². The lowest BCUT2D eigenvalue weighted by Gasteiger charge is -2.43. The summed E-state index contributed by atoms with van der Waals surface area (Å²) in [5, 5.41) is 0. The smallest absolute Gasteiger partial charge is 0.225 e. The average molecular weight is 360 g/mol. The number of hydrogen-bond donors (Lipinski definition) is 0. The summed E-state index contributed by atoms with van der Waals surface area (Å²) in [6, 6.07) is 4.19. The second kappa shape index (κ2) is 8.96. The van der Waals surface area contributed by atoms with Crippen LogP contribution in [0.4, 0.5) is 0 Å². The second-order valence-corrected chi connectivity index (χ2v) is 7.96. The van der Waals surface area contributed by atoms with E-state index >= 15 is 0 Å². The highest BCUT2D eigenvalue weighted by Gasteiger charge is 2.39. The molecule has 0 radical (unpaired) electrons. The molecule has 2 fully saturated rings. The first-order chi connectivity index (χ1) is 12.7. The molecule has 3 heterocycles. The van der Waals surface area contributed by atoms with E-state index in [1.807, 2.05) is 12.4 Å². The van der Waals surface area contributed by atoms with Crippen molar-refractivity contribution in [3.63, 3.8) is 0 Å². The molecule has 1 amide bonds. The van der Waals surface area contributed by atoms with E-state index in [-0.39, 0.29) is 11.3 Å². The van der Waals surface area contributed by atoms with Crippen LogP contribution in [-0.4, -0.2) is 60.1 Å². The molecule has 0 atom stereocenters. The third kappa shape index (κ3) is 4.63. The Morgan fingerprint density at radius 2 is 1.88 bits per heavy atom. The first-order valence-electron chi connectivity index (χ1n) is 10.1. The van der Waals surface area contributed by atoms with Crippen LogP contribution in [0.2, 0.25) is 0 Å². The highest BCUT2D eigenvalue weighted by Crippen LogP contribution is 2.35. The zero-order chi connectivity index (χ0) is 18.4. The molecular weight excluding hydrogens is 326 g/mol. The third-order valence-corrected chi connectivity index (χ3v) is 6.15. The maximum Gasteiger partial charge on any atom is 0.225 e. The molecule has 5 nitrogen and oxygen atoms in total. The third-order valence-electron chi connectivity index (χ3n) is 6.15. The molecule has 2 aliphatic rings. The van der Waals surface area contributed by atoms with Crippen LogP contribution in [0.3, 0.4) is 0 Å². The molecular formula is C21H33N3O2. The van der Waals surface area contributed by atoms with Crippen molar-refractivity contribution >= 4 is 5.91 Å². The molecule has 2 saturated heterocycles. The summed E-state index contributed by atoms with van der Waals surface area (Å²) in [6.07, 6.45) is 7.71. The first kappa shape index (κ1) is 19.3. The molecule has 0 saturated carbocycles. The van der Waals surface area contributed by atoms with Crippen LogP contribution in [0.15, 0.2) is 24.5 Å². The highest BCUT2D eigenvalue weighted by atomic mass is 16.5. The van der Waals surface area contributed by atoms with Crippen LogP contribution in [-0.2, 0) is 16.1 Å². The number of rotatable bonds is 5. The lowest BCUT2D eigenvalue weighted by molar-refractivity contribution is -0.138. The molecule has 144 valence electrons. The molecule has 3 rings (SSSR count). The minimum atomic E-state index is 0.189. The fourth-order valence-corrected chi connectivity index (χ4v) is 4.36. The lowest BCUT2D eigenvalue weighted by atomic mass is 9.78. The number of piperidine rings is 1. The van der Waals surface area contributed by atoms with E-state index in [2.05, 4.69) is 40.8 Å². The predicted octanol–water partition coefficient (Wildman–Crippen LogP) is 2.96. The van der Waals surface area contributed by atoms with Gasteiger partial charge in [-0.25, -0.2) is 0 Å². The van der Waals surface area contributed by atoms with Gasteiger partial charge in [0.1, 0.15) is 0 Å². The maximum absolute atomic E-state index is 12.7. The number of ether oxygens (including phenoxy) is 1. The normalized spacial score (nSPS) is 21.1. The highest BCUT2D eigenvalue weighted by molar-refractivity contribution is 5.78. The quantitative estimate of drug-likeness (QED) is 0.811. The van der Waals surface area contributed by atoms with Crippen LogP contribution in [0.1, 0.15) is 45.1 Å². The second-order valence-electron chi connectivity index (χ2n) is 7.96. The Kier molecular flexibility index (Phi) is 6.65. The van der Waals surface area contributed by atoms with Gasteiger partial charge < -0.3 is 9.64 Å². The molecule has 1 aromatic heterocycles. The number of nitrogens with zero attached hydrogens (tertiary/aromatic N) is 3. The molecule has 0 bridgehead atoms. The standard InChI is InChI=1S/C21H33N3O2/c1-3-19(4-2)20(25)24-11-7-21(8-12-24)16-23(13-14-26-17-21)15-18-5-9-22-10-6-18/h5-6,9-10,19H,3-4,7-8,11-17H2,1-2H3. The summed E-state index contributed by atoms with van der Waals surface area (Å²) in [7, 11) is 0. The molecule has 2 aliphatic heterocycles. The fourth-order valence-electron chi connectivity index (χ4n) is 4.36. The van der Waals surface area contributed by atoms with E-state index in [1.165, 1.54) is 5.56 Å². The number of amides is 1. The van der Waals surface area contributed by atoms with Crippen LogP contribution < -0.4 is 0 Å². The molecule has 26 heavy (non-hydrogen) atoms. The van der Waals surface area contributed by atoms with Gasteiger partial charge in [-0.05, 0) is 43.4 Å². The SMILES string of the molecule is CCC(CC)C(=O)N1CCC2(CC1)COCCN(Cc1ccncc1)C2. The molecule has 0 unspecified atom stereocenters. The molecule has 5 heteroatoms. The lowest BCUT2D eigenvalue weighted by Crippen LogP contribution is -2.49. The van der Waals surface area contributed by atoms with Crippen molar-refractivity contribution in [2.75, 3.05) is 39.4 Å². The van der Waals surface area contributed by atoms with Gasteiger partial charge in [0.25, 0.3) is 0 Å². The monoisotopic (exact) mass is 359 g/mol. The van der Waals surface area contributed by atoms with Crippen molar-refractivity contribution in [1.29, 1.82) is 0 Å². The van der Waals surface area contributed by atoms with Gasteiger partial charge in [0.2, 0.25) is 5.91 Å². The molecule has 0 aliphatic carbocycles. The van der Waals surface area contributed by atoms with Gasteiger partial charge in [-0.15, -0.1) is 0 Å². The number of likely N-dealkylation sites (tertiary alicyclic amines) is 1. The average Bonchev–Trinajstić information content (AvgIpc) is 2.86. The van der Waals surface area contributed by atoms with Gasteiger partial charge in [-0.3, -0.25) is 14.7 Å². The van der Waals surface area contributed by atoms with Crippen LogP contribution in [0, 0.1) is 11.3 Å². The van der Waals surface area contributed by atoms with Gasteiger partial charge in [0.05, 0.1) is 13.2 Å². The van der Waals surface area contributed by atoms with Crippen LogP contribution in [0.5, 0.6) is 0 Å². The van der Waals surface area contributed by atoms with Crippen molar-refractivity contribution in [3.05, 3.63) is 30.1 Å². The summed E-state index contributed by atoms with van der Waals surface area (Å²) in [5.74, 6) is 0.547. The fraction of sp³-hybridized carbons (Fsp3) is 0.714.